The Morgan fingerprint density at radius 1 is 1.25 bits per heavy atom. The minimum atomic E-state index is -0.640. The molecular formula is C12H17NO3. The van der Waals surface area contributed by atoms with Crippen LogP contribution in [0.4, 0.5) is 0 Å². The van der Waals surface area contributed by atoms with E-state index in [4.69, 9.17) is 4.74 Å². The third-order valence-corrected chi connectivity index (χ3v) is 2.83. The molecule has 2 N–H and O–H groups in total. The number of morpholine rings is 1. The zero-order chi connectivity index (χ0) is 11.4. The monoisotopic (exact) mass is 223 g/mol. The Balaban J connectivity index is 1.96. The van der Waals surface area contributed by atoms with E-state index in [2.05, 4.69) is 4.90 Å². The van der Waals surface area contributed by atoms with Crippen LogP contribution in [0.25, 0.3) is 0 Å². The topological polar surface area (TPSA) is 52.9 Å². The summed E-state index contributed by atoms with van der Waals surface area (Å²) in [5.74, 6) is 0.156. The number of β-amino-alcohol motifs (C(OH)–C–C–N with tert-alkyl or cyclic N) is 1. The van der Waals surface area contributed by atoms with Crippen molar-refractivity contribution in [2.45, 2.75) is 6.10 Å². The van der Waals surface area contributed by atoms with Gasteiger partial charge in [0.05, 0.1) is 19.3 Å². The third kappa shape index (κ3) is 2.72. The summed E-state index contributed by atoms with van der Waals surface area (Å²) in [5, 5.41) is 19.6. The van der Waals surface area contributed by atoms with Gasteiger partial charge in [0, 0.05) is 25.2 Å². The van der Waals surface area contributed by atoms with Crippen molar-refractivity contribution < 1.29 is 14.9 Å². The number of hydrogen-bond donors (Lipinski definition) is 2. The van der Waals surface area contributed by atoms with Crippen LogP contribution >= 0.6 is 0 Å². The molecule has 0 saturated carbocycles. The highest BCUT2D eigenvalue weighted by Crippen LogP contribution is 2.24. The summed E-state index contributed by atoms with van der Waals surface area (Å²) in [6.07, 6.45) is -0.640. The fourth-order valence-corrected chi connectivity index (χ4v) is 1.90. The lowest BCUT2D eigenvalue weighted by molar-refractivity contribution is 0.0139. The van der Waals surface area contributed by atoms with Gasteiger partial charge in [0.25, 0.3) is 0 Å². The van der Waals surface area contributed by atoms with Crippen molar-refractivity contribution in [2.75, 3.05) is 32.8 Å². The molecule has 88 valence electrons. The maximum atomic E-state index is 10.0. The van der Waals surface area contributed by atoms with Gasteiger partial charge in [-0.15, -0.1) is 0 Å². The maximum Gasteiger partial charge on any atom is 0.121 e. The second-order valence-corrected chi connectivity index (χ2v) is 3.99. The van der Waals surface area contributed by atoms with Crippen molar-refractivity contribution in [2.24, 2.45) is 0 Å². The molecule has 2 rings (SSSR count). The average Bonchev–Trinajstić information content (AvgIpc) is 2.31. The predicted molar refractivity (Wildman–Crippen MR) is 60.3 cm³/mol. The molecule has 1 aromatic rings. The van der Waals surface area contributed by atoms with Gasteiger partial charge in [-0.3, -0.25) is 4.90 Å². The van der Waals surface area contributed by atoms with E-state index in [-0.39, 0.29) is 5.75 Å². The molecule has 0 aromatic heterocycles. The predicted octanol–water partition coefficient (Wildman–Crippen LogP) is 0.758. The Morgan fingerprint density at radius 3 is 2.62 bits per heavy atom. The molecular weight excluding hydrogens is 206 g/mol. The second kappa shape index (κ2) is 5.30. The highest BCUT2D eigenvalue weighted by Gasteiger charge is 2.17. The molecule has 1 heterocycles. The minimum absolute atomic E-state index is 0.156. The number of rotatable bonds is 3. The first-order chi connectivity index (χ1) is 7.77. The smallest absolute Gasteiger partial charge is 0.121 e. The molecule has 0 spiro atoms. The number of phenols is 1. The van der Waals surface area contributed by atoms with E-state index in [1.165, 1.54) is 0 Å². The first-order valence-corrected chi connectivity index (χ1v) is 5.53. The fraction of sp³-hybridized carbons (Fsp3) is 0.500. The van der Waals surface area contributed by atoms with Crippen molar-refractivity contribution in [3.8, 4) is 5.75 Å². The molecule has 4 heteroatoms. The van der Waals surface area contributed by atoms with Crippen LogP contribution in [0.15, 0.2) is 24.3 Å². The molecule has 0 aliphatic carbocycles. The largest absolute Gasteiger partial charge is 0.508 e. The van der Waals surface area contributed by atoms with E-state index >= 15 is 0 Å². The minimum Gasteiger partial charge on any atom is -0.508 e. The van der Waals surface area contributed by atoms with Crippen LogP contribution in [-0.4, -0.2) is 48.0 Å². The van der Waals surface area contributed by atoms with Crippen LogP contribution in [0.1, 0.15) is 11.7 Å². The van der Waals surface area contributed by atoms with Crippen LogP contribution in [-0.2, 0) is 4.74 Å². The van der Waals surface area contributed by atoms with Gasteiger partial charge in [-0.1, -0.05) is 18.2 Å². The van der Waals surface area contributed by atoms with E-state index < -0.39 is 6.10 Å². The first kappa shape index (κ1) is 11.4. The number of aromatic hydroxyl groups is 1. The number of hydrogen-bond acceptors (Lipinski definition) is 4. The standard InChI is InChI=1S/C12H17NO3/c14-11-4-2-1-3-10(11)12(15)9-13-5-7-16-8-6-13/h1-4,12,14-15H,5-9H2. The first-order valence-electron chi connectivity index (χ1n) is 5.53. The molecule has 1 saturated heterocycles. The third-order valence-electron chi connectivity index (χ3n) is 2.83. The molecule has 0 amide bonds. The summed E-state index contributed by atoms with van der Waals surface area (Å²) >= 11 is 0. The Morgan fingerprint density at radius 2 is 1.94 bits per heavy atom. The number of para-hydroxylation sites is 1. The number of phenolic OH excluding ortho intramolecular Hbond substituents is 1. The van der Waals surface area contributed by atoms with Gasteiger partial charge in [0.2, 0.25) is 0 Å². The Bertz CT molecular complexity index is 337. The van der Waals surface area contributed by atoms with Crippen LogP contribution < -0.4 is 0 Å². The van der Waals surface area contributed by atoms with Crippen LogP contribution in [0, 0.1) is 0 Å². The van der Waals surface area contributed by atoms with E-state index in [1.54, 1.807) is 18.2 Å². The summed E-state index contributed by atoms with van der Waals surface area (Å²) in [4.78, 5) is 2.14. The van der Waals surface area contributed by atoms with E-state index in [0.717, 1.165) is 13.1 Å². The number of aliphatic hydroxyl groups excluding tert-OH is 1. The number of benzene rings is 1. The molecule has 0 radical (unpaired) electrons. The van der Waals surface area contributed by atoms with Crippen molar-refractivity contribution in [1.29, 1.82) is 0 Å². The van der Waals surface area contributed by atoms with Crippen molar-refractivity contribution in [3.05, 3.63) is 29.8 Å². The lowest BCUT2D eigenvalue weighted by Crippen LogP contribution is -2.38. The molecule has 16 heavy (non-hydrogen) atoms. The van der Waals surface area contributed by atoms with Gasteiger partial charge in [0.1, 0.15) is 5.75 Å². The summed E-state index contributed by atoms with van der Waals surface area (Å²) in [6.45, 7) is 3.65. The van der Waals surface area contributed by atoms with Crippen molar-refractivity contribution in [3.63, 3.8) is 0 Å². The number of aliphatic hydroxyl groups is 1. The molecule has 1 aliphatic heterocycles. The Hall–Kier alpha value is -1.10. The molecule has 1 unspecified atom stereocenters. The Labute approximate surface area is 95.1 Å². The molecule has 1 atom stereocenters. The van der Waals surface area contributed by atoms with Gasteiger partial charge < -0.3 is 14.9 Å². The average molecular weight is 223 g/mol. The fourth-order valence-electron chi connectivity index (χ4n) is 1.90. The quantitative estimate of drug-likeness (QED) is 0.794. The van der Waals surface area contributed by atoms with E-state index in [1.807, 2.05) is 6.07 Å². The molecule has 1 fully saturated rings. The zero-order valence-electron chi connectivity index (χ0n) is 9.17. The highest BCUT2D eigenvalue weighted by atomic mass is 16.5. The van der Waals surface area contributed by atoms with Gasteiger partial charge in [-0.05, 0) is 6.07 Å². The normalized spacial score (nSPS) is 19.6. The maximum absolute atomic E-state index is 10.0. The summed E-state index contributed by atoms with van der Waals surface area (Å²) in [5.41, 5.74) is 0.592. The summed E-state index contributed by atoms with van der Waals surface area (Å²) in [6, 6.07) is 6.91. The van der Waals surface area contributed by atoms with Gasteiger partial charge >= 0.3 is 0 Å². The second-order valence-electron chi connectivity index (χ2n) is 3.99. The van der Waals surface area contributed by atoms with Crippen LogP contribution in [0.5, 0.6) is 5.75 Å². The van der Waals surface area contributed by atoms with E-state index in [9.17, 15) is 10.2 Å². The van der Waals surface area contributed by atoms with Crippen molar-refractivity contribution >= 4 is 0 Å². The summed E-state index contributed by atoms with van der Waals surface area (Å²) in [7, 11) is 0. The zero-order valence-corrected chi connectivity index (χ0v) is 9.17. The number of ether oxygens (including phenoxy) is 1. The SMILES string of the molecule is Oc1ccccc1C(O)CN1CCOCC1. The Kier molecular flexibility index (Phi) is 3.77. The molecule has 1 aliphatic rings. The van der Waals surface area contributed by atoms with E-state index in [0.29, 0.717) is 25.3 Å². The van der Waals surface area contributed by atoms with Crippen molar-refractivity contribution in [1.82, 2.24) is 4.90 Å². The molecule has 1 aromatic carbocycles. The molecule has 0 bridgehead atoms. The number of nitrogens with zero attached hydrogens (tertiary/aromatic N) is 1. The lowest BCUT2D eigenvalue weighted by Gasteiger charge is -2.28. The lowest BCUT2D eigenvalue weighted by atomic mass is 10.1. The van der Waals surface area contributed by atoms with Gasteiger partial charge in [-0.2, -0.15) is 0 Å². The van der Waals surface area contributed by atoms with Crippen LogP contribution in [0.3, 0.4) is 0 Å². The van der Waals surface area contributed by atoms with Crippen LogP contribution in [0.2, 0.25) is 0 Å². The summed E-state index contributed by atoms with van der Waals surface area (Å²) < 4.78 is 5.24. The molecule has 4 nitrogen and oxygen atoms in total. The van der Waals surface area contributed by atoms with Gasteiger partial charge in [-0.25, -0.2) is 0 Å². The van der Waals surface area contributed by atoms with Gasteiger partial charge in [0.15, 0.2) is 0 Å². The highest BCUT2D eigenvalue weighted by molar-refractivity contribution is 5.33.